The second kappa shape index (κ2) is 12.4. The molecule has 1 aromatic carbocycles. The summed E-state index contributed by atoms with van der Waals surface area (Å²) in [6.07, 6.45) is 3.09. The summed E-state index contributed by atoms with van der Waals surface area (Å²) in [5.74, 6) is 0.264. The van der Waals surface area contributed by atoms with Gasteiger partial charge in [-0.2, -0.15) is 0 Å². The van der Waals surface area contributed by atoms with Gasteiger partial charge in [0.25, 0.3) is 0 Å². The van der Waals surface area contributed by atoms with Crippen molar-refractivity contribution in [3.8, 4) is 0 Å². The van der Waals surface area contributed by atoms with Gasteiger partial charge in [0.1, 0.15) is 6.73 Å². The van der Waals surface area contributed by atoms with E-state index in [1.54, 1.807) is 15.7 Å². The number of hydrogen-bond donors (Lipinski definition) is 1. The van der Waals surface area contributed by atoms with E-state index in [0.717, 1.165) is 44.8 Å². The molecule has 0 saturated carbocycles. The van der Waals surface area contributed by atoms with Gasteiger partial charge in [0, 0.05) is 46.6 Å². The quantitative estimate of drug-likeness (QED) is 0.227. The molecule has 1 unspecified atom stereocenters. The summed E-state index contributed by atoms with van der Waals surface area (Å²) < 4.78 is 7.57. The summed E-state index contributed by atoms with van der Waals surface area (Å²) in [5.41, 5.74) is 1.44. The molecule has 1 amide bonds. The molecule has 1 aliphatic rings. The Morgan fingerprint density at radius 1 is 1.22 bits per heavy atom. The number of nitrogens with zero attached hydrogens (tertiary/aromatic N) is 4. The Bertz CT molecular complexity index is 1020. The number of carboxylic acid groups (broad SMARTS) is 1. The molecule has 0 spiro atoms. The number of aromatic nitrogens is 2. The fraction of sp³-hybridized carbons (Fsp3) is 0.607. The monoisotopic (exact) mass is 528 g/mol. The average molecular weight is 529 g/mol. The summed E-state index contributed by atoms with van der Waals surface area (Å²) in [6.45, 7) is 16.4. The van der Waals surface area contributed by atoms with E-state index in [1.807, 2.05) is 39.0 Å². The van der Waals surface area contributed by atoms with Crippen LogP contribution in [-0.4, -0.2) is 70.6 Å². The lowest BCUT2D eigenvalue weighted by Crippen LogP contribution is -2.51. The van der Waals surface area contributed by atoms with Crippen molar-refractivity contribution in [2.45, 2.75) is 84.7 Å². The highest BCUT2D eigenvalue weighted by atomic mass is 28.3. The fourth-order valence-electron chi connectivity index (χ4n) is 5.00. The zero-order valence-corrected chi connectivity index (χ0v) is 24.3. The van der Waals surface area contributed by atoms with E-state index in [2.05, 4.69) is 41.7 Å². The summed E-state index contributed by atoms with van der Waals surface area (Å²) in [6, 6.07) is 10.8. The minimum Gasteiger partial charge on any atom is -0.465 e. The lowest BCUT2D eigenvalue weighted by molar-refractivity contribution is 0.0269. The van der Waals surface area contributed by atoms with Gasteiger partial charge in [-0.05, 0) is 29.9 Å². The molecule has 3 rings (SSSR count). The zero-order chi connectivity index (χ0) is 27.2. The number of imidazole rings is 1. The summed E-state index contributed by atoms with van der Waals surface area (Å²) >= 11 is 0. The van der Waals surface area contributed by atoms with Gasteiger partial charge in [-0.15, -0.1) is 0 Å². The highest BCUT2D eigenvalue weighted by molar-refractivity contribution is 6.76. The van der Waals surface area contributed by atoms with E-state index in [4.69, 9.17) is 4.74 Å². The molecule has 1 N–H and O–H groups in total. The number of carbonyl (C=O) groups is 2. The van der Waals surface area contributed by atoms with Gasteiger partial charge < -0.3 is 14.4 Å². The standard InChI is InChI=1S/C28H44N4O4Si/c1-28(2,3)26(24-19-31(25(20-33)29-24)21-36-16-17-37(4,5)6)32(27(34)35)23-12-14-30(15-13-23)18-22-10-8-7-9-11-22/h7-11,19-20,23,26H,12-18,21H2,1-6H3,(H,34,35). The first-order chi connectivity index (χ1) is 17.4. The van der Waals surface area contributed by atoms with Crippen LogP contribution in [0.5, 0.6) is 0 Å². The highest BCUT2D eigenvalue weighted by Crippen LogP contribution is 2.40. The zero-order valence-electron chi connectivity index (χ0n) is 23.3. The van der Waals surface area contributed by atoms with E-state index < -0.39 is 25.6 Å². The second-order valence-corrected chi connectivity index (χ2v) is 18.0. The van der Waals surface area contributed by atoms with Crippen molar-refractivity contribution in [2.24, 2.45) is 5.41 Å². The van der Waals surface area contributed by atoms with Crippen LogP contribution >= 0.6 is 0 Å². The minimum absolute atomic E-state index is 0.119. The number of ether oxygens (including phenoxy) is 1. The minimum atomic E-state index is -1.22. The summed E-state index contributed by atoms with van der Waals surface area (Å²) in [5, 5.41) is 10.4. The van der Waals surface area contributed by atoms with Crippen LogP contribution in [-0.2, 0) is 18.0 Å². The SMILES string of the molecule is CC(C)(C)C(c1cn(COCC[Si](C)(C)C)c(C=O)n1)N(C(=O)O)C1CCN(Cc2ccccc2)CC1. The molecule has 9 heteroatoms. The van der Waals surface area contributed by atoms with Crippen LogP contribution in [0.2, 0.25) is 25.7 Å². The molecule has 2 heterocycles. The Morgan fingerprint density at radius 3 is 2.41 bits per heavy atom. The molecule has 0 bridgehead atoms. The maximum absolute atomic E-state index is 12.7. The van der Waals surface area contributed by atoms with E-state index in [1.165, 1.54) is 5.56 Å². The molecule has 1 aromatic heterocycles. The lowest BCUT2D eigenvalue weighted by atomic mass is 9.82. The average Bonchev–Trinajstić information content (AvgIpc) is 3.22. The van der Waals surface area contributed by atoms with Crippen LogP contribution in [0.25, 0.3) is 0 Å². The highest BCUT2D eigenvalue weighted by Gasteiger charge is 2.41. The number of benzene rings is 1. The number of carbonyl (C=O) groups excluding carboxylic acids is 1. The smallest absolute Gasteiger partial charge is 0.408 e. The van der Waals surface area contributed by atoms with Crippen molar-refractivity contribution in [3.63, 3.8) is 0 Å². The third-order valence-electron chi connectivity index (χ3n) is 6.96. The number of amides is 1. The van der Waals surface area contributed by atoms with Gasteiger partial charge in [0.15, 0.2) is 12.1 Å². The van der Waals surface area contributed by atoms with Crippen LogP contribution < -0.4 is 0 Å². The maximum Gasteiger partial charge on any atom is 0.408 e. The third kappa shape index (κ3) is 8.25. The van der Waals surface area contributed by atoms with Crippen molar-refractivity contribution in [1.82, 2.24) is 19.4 Å². The van der Waals surface area contributed by atoms with Gasteiger partial charge in [-0.25, -0.2) is 9.78 Å². The van der Waals surface area contributed by atoms with E-state index in [0.29, 0.717) is 12.3 Å². The topological polar surface area (TPSA) is 87.9 Å². The Hall–Kier alpha value is -2.49. The molecule has 1 fully saturated rings. The van der Waals surface area contributed by atoms with Gasteiger partial charge in [-0.3, -0.25) is 14.6 Å². The molecular weight excluding hydrogens is 484 g/mol. The first-order valence-electron chi connectivity index (χ1n) is 13.3. The van der Waals surface area contributed by atoms with Gasteiger partial charge in [0.05, 0.1) is 11.7 Å². The second-order valence-electron chi connectivity index (χ2n) is 12.4. The van der Waals surface area contributed by atoms with Gasteiger partial charge >= 0.3 is 6.09 Å². The van der Waals surface area contributed by atoms with E-state index in [9.17, 15) is 14.7 Å². The van der Waals surface area contributed by atoms with E-state index in [-0.39, 0.29) is 18.6 Å². The van der Waals surface area contributed by atoms with Crippen molar-refractivity contribution in [2.75, 3.05) is 19.7 Å². The molecule has 37 heavy (non-hydrogen) atoms. The summed E-state index contributed by atoms with van der Waals surface area (Å²) in [4.78, 5) is 33.1. The third-order valence-corrected chi connectivity index (χ3v) is 8.66. The molecular formula is C28H44N4O4Si. The van der Waals surface area contributed by atoms with E-state index >= 15 is 0 Å². The van der Waals surface area contributed by atoms with Crippen LogP contribution in [0.4, 0.5) is 4.79 Å². The number of piperidine rings is 1. The molecule has 1 aliphatic heterocycles. The van der Waals surface area contributed by atoms with Crippen molar-refractivity contribution in [1.29, 1.82) is 0 Å². The first-order valence-corrected chi connectivity index (χ1v) is 17.0. The normalized spacial score (nSPS) is 16.5. The predicted molar refractivity (Wildman–Crippen MR) is 149 cm³/mol. The van der Waals surface area contributed by atoms with Gasteiger partial charge in [0.2, 0.25) is 0 Å². The molecule has 0 aliphatic carbocycles. The number of rotatable bonds is 11. The Labute approximate surface area is 222 Å². The molecule has 1 saturated heterocycles. The predicted octanol–water partition coefficient (Wildman–Crippen LogP) is 5.74. The van der Waals surface area contributed by atoms with Crippen molar-refractivity contribution in [3.05, 3.63) is 53.6 Å². The largest absolute Gasteiger partial charge is 0.465 e. The maximum atomic E-state index is 12.7. The fourth-order valence-corrected chi connectivity index (χ4v) is 5.76. The molecule has 204 valence electrons. The Morgan fingerprint density at radius 2 is 1.86 bits per heavy atom. The number of likely N-dealkylation sites (tertiary alicyclic amines) is 1. The first kappa shape index (κ1) is 29.1. The Balaban J connectivity index is 1.76. The van der Waals surface area contributed by atoms with Crippen LogP contribution in [0.15, 0.2) is 36.5 Å². The number of hydrogen-bond acceptors (Lipinski definition) is 5. The van der Waals surface area contributed by atoms with Crippen molar-refractivity contribution < 1.29 is 19.4 Å². The van der Waals surface area contributed by atoms with Crippen LogP contribution in [0.3, 0.4) is 0 Å². The molecule has 2 aromatic rings. The molecule has 8 nitrogen and oxygen atoms in total. The Kier molecular flexibility index (Phi) is 9.72. The van der Waals surface area contributed by atoms with Crippen molar-refractivity contribution >= 4 is 20.5 Å². The van der Waals surface area contributed by atoms with Crippen LogP contribution in [0.1, 0.15) is 61.5 Å². The molecule has 0 radical (unpaired) electrons. The summed E-state index contributed by atoms with van der Waals surface area (Å²) in [7, 11) is -1.22. The number of aldehydes is 1. The van der Waals surface area contributed by atoms with Crippen LogP contribution in [0, 0.1) is 5.41 Å². The molecule has 1 atom stereocenters. The lowest BCUT2D eigenvalue weighted by Gasteiger charge is -2.44. The van der Waals surface area contributed by atoms with Gasteiger partial charge in [-0.1, -0.05) is 70.7 Å².